The molecule has 3 aromatic rings. The Bertz CT molecular complexity index is 776. The summed E-state index contributed by atoms with van der Waals surface area (Å²) < 4.78 is 0. The van der Waals surface area contributed by atoms with Crippen molar-refractivity contribution in [2.75, 3.05) is 5.32 Å². The molecule has 1 aromatic heterocycles. The number of primary amides is 1. The average Bonchev–Trinajstić information content (AvgIpc) is 2.49. The zero-order chi connectivity index (χ0) is 14.7. The van der Waals surface area contributed by atoms with E-state index in [1.807, 2.05) is 48.7 Å². The lowest BCUT2D eigenvalue weighted by molar-refractivity contribution is -0.117. The molecule has 0 fully saturated rings. The predicted molar refractivity (Wildman–Crippen MR) is 84.4 cm³/mol. The third-order valence-corrected chi connectivity index (χ3v) is 3.28. The number of nitrogens with one attached hydrogen (secondary N) is 1. The molecule has 0 unspecified atom stereocenters. The first-order chi connectivity index (χ1) is 10.2. The zero-order valence-corrected chi connectivity index (χ0v) is 11.4. The zero-order valence-electron chi connectivity index (χ0n) is 11.4. The second-order valence-corrected chi connectivity index (χ2v) is 4.87. The van der Waals surface area contributed by atoms with E-state index < -0.39 is 0 Å². The molecule has 104 valence electrons. The van der Waals surface area contributed by atoms with Crippen LogP contribution in [0, 0.1) is 0 Å². The fourth-order valence-corrected chi connectivity index (χ4v) is 2.28. The Morgan fingerprint density at radius 3 is 2.57 bits per heavy atom. The van der Waals surface area contributed by atoms with Crippen LogP contribution in [0.3, 0.4) is 0 Å². The van der Waals surface area contributed by atoms with Gasteiger partial charge in [0.25, 0.3) is 0 Å². The summed E-state index contributed by atoms with van der Waals surface area (Å²) in [4.78, 5) is 15.1. The van der Waals surface area contributed by atoms with E-state index in [0.717, 1.165) is 27.7 Å². The van der Waals surface area contributed by atoms with Gasteiger partial charge in [-0.15, -0.1) is 0 Å². The normalized spacial score (nSPS) is 10.5. The van der Waals surface area contributed by atoms with Gasteiger partial charge in [-0.05, 0) is 17.7 Å². The molecule has 4 heteroatoms. The van der Waals surface area contributed by atoms with Crippen LogP contribution in [0.25, 0.3) is 10.8 Å². The Morgan fingerprint density at radius 1 is 1.05 bits per heavy atom. The van der Waals surface area contributed by atoms with Crippen LogP contribution >= 0.6 is 0 Å². The first kappa shape index (κ1) is 13.1. The lowest BCUT2D eigenvalue weighted by Gasteiger charge is -2.09. The Morgan fingerprint density at radius 2 is 1.81 bits per heavy atom. The second kappa shape index (κ2) is 5.63. The summed E-state index contributed by atoms with van der Waals surface area (Å²) in [6.45, 7) is 0. The van der Waals surface area contributed by atoms with Crippen molar-refractivity contribution < 1.29 is 4.79 Å². The number of nitrogens with two attached hydrogens (primary N) is 1. The van der Waals surface area contributed by atoms with E-state index >= 15 is 0 Å². The van der Waals surface area contributed by atoms with Gasteiger partial charge >= 0.3 is 0 Å². The summed E-state index contributed by atoms with van der Waals surface area (Å²) >= 11 is 0. The maximum Gasteiger partial charge on any atom is 0.221 e. The molecule has 1 amide bonds. The van der Waals surface area contributed by atoms with E-state index in [1.165, 1.54) is 0 Å². The van der Waals surface area contributed by atoms with Crippen LogP contribution < -0.4 is 11.1 Å². The minimum Gasteiger partial charge on any atom is -0.369 e. The van der Waals surface area contributed by atoms with Gasteiger partial charge in [-0.2, -0.15) is 0 Å². The van der Waals surface area contributed by atoms with Gasteiger partial charge in [0, 0.05) is 22.7 Å². The number of pyridine rings is 1. The van der Waals surface area contributed by atoms with Crippen LogP contribution in [0.15, 0.2) is 60.9 Å². The number of nitrogens with zero attached hydrogens (tertiary/aromatic N) is 1. The number of fused-ring (bicyclic) bond motifs is 1. The summed E-state index contributed by atoms with van der Waals surface area (Å²) in [5.41, 5.74) is 7.99. The summed E-state index contributed by atoms with van der Waals surface area (Å²) in [7, 11) is 0. The SMILES string of the molecule is NC(=O)Cc1ccc(Nc2cncc3ccccc23)cc1. The van der Waals surface area contributed by atoms with Crippen molar-refractivity contribution in [3.63, 3.8) is 0 Å². The maximum atomic E-state index is 10.9. The summed E-state index contributed by atoms with van der Waals surface area (Å²) in [6, 6.07) is 15.7. The number of rotatable bonds is 4. The van der Waals surface area contributed by atoms with Crippen molar-refractivity contribution >= 4 is 28.1 Å². The lowest BCUT2D eigenvalue weighted by Crippen LogP contribution is -2.13. The van der Waals surface area contributed by atoms with E-state index in [4.69, 9.17) is 5.73 Å². The molecule has 3 rings (SSSR count). The first-order valence-corrected chi connectivity index (χ1v) is 6.69. The number of carbonyl (C=O) groups excluding carboxylic acids is 1. The van der Waals surface area contributed by atoms with Crippen LogP contribution in [0.2, 0.25) is 0 Å². The standard InChI is InChI=1S/C17H15N3O/c18-17(21)9-12-5-7-14(8-6-12)20-16-11-19-10-13-3-1-2-4-15(13)16/h1-8,10-11,20H,9H2,(H2,18,21). The Hall–Kier alpha value is -2.88. The largest absolute Gasteiger partial charge is 0.369 e. The molecule has 0 saturated carbocycles. The van der Waals surface area contributed by atoms with Gasteiger partial charge in [-0.25, -0.2) is 0 Å². The van der Waals surface area contributed by atoms with Gasteiger partial charge in [0.05, 0.1) is 18.3 Å². The van der Waals surface area contributed by atoms with Gasteiger partial charge in [0.1, 0.15) is 0 Å². The van der Waals surface area contributed by atoms with Crippen LogP contribution in [-0.4, -0.2) is 10.9 Å². The van der Waals surface area contributed by atoms with E-state index in [-0.39, 0.29) is 12.3 Å². The monoisotopic (exact) mass is 277 g/mol. The van der Waals surface area contributed by atoms with Gasteiger partial charge in [0.15, 0.2) is 0 Å². The number of amides is 1. The molecule has 0 aliphatic carbocycles. The fraction of sp³-hybridized carbons (Fsp3) is 0.0588. The molecular weight excluding hydrogens is 262 g/mol. The minimum absolute atomic E-state index is 0.260. The molecule has 21 heavy (non-hydrogen) atoms. The van der Waals surface area contributed by atoms with Crippen molar-refractivity contribution in [1.29, 1.82) is 0 Å². The average molecular weight is 277 g/mol. The molecule has 0 spiro atoms. The fourth-order valence-electron chi connectivity index (χ4n) is 2.28. The number of anilines is 2. The van der Waals surface area contributed by atoms with Crippen LogP contribution in [0.5, 0.6) is 0 Å². The number of aromatic nitrogens is 1. The minimum atomic E-state index is -0.325. The topological polar surface area (TPSA) is 68.0 Å². The highest BCUT2D eigenvalue weighted by molar-refractivity contribution is 5.94. The van der Waals surface area contributed by atoms with Crippen LogP contribution in [-0.2, 0) is 11.2 Å². The van der Waals surface area contributed by atoms with Crippen molar-refractivity contribution in [2.24, 2.45) is 5.73 Å². The molecular formula is C17H15N3O. The van der Waals surface area contributed by atoms with Crippen LogP contribution in [0.1, 0.15) is 5.56 Å². The van der Waals surface area contributed by atoms with E-state index in [2.05, 4.69) is 16.4 Å². The van der Waals surface area contributed by atoms with E-state index in [9.17, 15) is 4.79 Å². The molecule has 0 radical (unpaired) electrons. The van der Waals surface area contributed by atoms with Gasteiger partial charge in [-0.3, -0.25) is 9.78 Å². The van der Waals surface area contributed by atoms with Crippen molar-refractivity contribution in [2.45, 2.75) is 6.42 Å². The molecule has 0 bridgehead atoms. The molecule has 0 aliphatic rings. The molecule has 0 aliphatic heterocycles. The summed E-state index contributed by atoms with van der Waals surface area (Å²) in [5.74, 6) is -0.325. The highest BCUT2D eigenvalue weighted by atomic mass is 16.1. The number of hydrogen-bond acceptors (Lipinski definition) is 3. The van der Waals surface area contributed by atoms with E-state index in [1.54, 1.807) is 6.20 Å². The third kappa shape index (κ3) is 3.00. The van der Waals surface area contributed by atoms with E-state index in [0.29, 0.717) is 0 Å². The highest BCUT2D eigenvalue weighted by Crippen LogP contribution is 2.25. The summed E-state index contributed by atoms with van der Waals surface area (Å²) in [6.07, 6.45) is 3.91. The summed E-state index contributed by atoms with van der Waals surface area (Å²) in [5, 5.41) is 5.56. The molecule has 0 saturated heterocycles. The Kier molecular flexibility index (Phi) is 3.51. The van der Waals surface area contributed by atoms with Crippen molar-refractivity contribution in [3.05, 3.63) is 66.5 Å². The molecule has 2 aromatic carbocycles. The van der Waals surface area contributed by atoms with Crippen molar-refractivity contribution in [3.8, 4) is 0 Å². The Labute approximate surface area is 122 Å². The lowest BCUT2D eigenvalue weighted by atomic mass is 10.1. The number of carbonyl (C=O) groups is 1. The molecule has 1 heterocycles. The Balaban J connectivity index is 1.87. The maximum absolute atomic E-state index is 10.9. The quantitative estimate of drug-likeness (QED) is 0.770. The second-order valence-electron chi connectivity index (χ2n) is 4.87. The molecule has 4 nitrogen and oxygen atoms in total. The van der Waals surface area contributed by atoms with Crippen molar-refractivity contribution in [1.82, 2.24) is 4.98 Å². The smallest absolute Gasteiger partial charge is 0.221 e. The predicted octanol–water partition coefficient (Wildman–Crippen LogP) is 3.01. The number of hydrogen-bond donors (Lipinski definition) is 2. The van der Waals surface area contributed by atoms with Gasteiger partial charge in [-0.1, -0.05) is 36.4 Å². The van der Waals surface area contributed by atoms with Gasteiger partial charge in [0.2, 0.25) is 5.91 Å². The number of benzene rings is 2. The van der Waals surface area contributed by atoms with Gasteiger partial charge < -0.3 is 11.1 Å². The highest BCUT2D eigenvalue weighted by Gasteiger charge is 2.02. The van der Waals surface area contributed by atoms with Crippen LogP contribution in [0.4, 0.5) is 11.4 Å². The molecule has 3 N–H and O–H groups in total. The third-order valence-electron chi connectivity index (χ3n) is 3.28. The molecule has 0 atom stereocenters. The first-order valence-electron chi connectivity index (χ1n) is 6.69.